The lowest BCUT2D eigenvalue weighted by molar-refractivity contribution is -0.148. The van der Waals surface area contributed by atoms with Crippen LogP contribution in [0.25, 0.3) is 11.2 Å². The summed E-state index contributed by atoms with van der Waals surface area (Å²) < 4.78 is 31.1. The molecule has 13 heteroatoms. The van der Waals surface area contributed by atoms with Crippen LogP contribution in [0.15, 0.2) is 12.7 Å². The Hall–Kier alpha value is -2.68. The number of imidazole rings is 1. The molecule has 1 aliphatic heterocycles. The molecule has 4 N–H and O–H groups in total. The lowest BCUT2D eigenvalue weighted by atomic mass is 9.99. The smallest absolute Gasteiger partial charge is 0.464 e. The fourth-order valence-electron chi connectivity index (χ4n) is 3.48. The zero-order valence-electron chi connectivity index (χ0n) is 20.5. The number of aliphatic hydroxyl groups is 1. The highest BCUT2D eigenvalue weighted by Crippen LogP contribution is 2.40. The van der Waals surface area contributed by atoms with Crippen LogP contribution in [0.2, 0.25) is 0 Å². The molecule has 190 valence electrons. The Labute approximate surface area is 204 Å². The third kappa shape index (κ3) is 6.12. The van der Waals surface area contributed by atoms with Gasteiger partial charge in [-0.25, -0.2) is 15.0 Å². The van der Waals surface area contributed by atoms with Crippen molar-refractivity contribution in [3.63, 3.8) is 0 Å². The molecule has 2 aromatic heterocycles. The SMILES string of the molecule is C#C[C@]1(CO[P+](=O)C(C)N[C@@H](C)C(=O)OCC(C)(C)C)O[C@@H](n2cnc3c(N)ncnc32)C[C@@H]1O. The molecule has 2 aromatic rings. The number of fused-ring (bicyclic) bond motifs is 1. The number of ether oxygens (including phenoxy) is 2. The minimum absolute atomic E-state index is 0.129. The maximum absolute atomic E-state index is 12.7. The molecule has 6 atom stereocenters. The first-order valence-corrected chi connectivity index (χ1v) is 12.4. The van der Waals surface area contributed by atoms with Gasteiger partial charge in [-0.15, -0.1) is 10.9 Å². The van der Waals surface area contributed by atoms with Crippen molar-refractivity contribution in [1.82, 2.24) is 24.8 Å². The summed E-state index contributed by atoms with van der Waals surface area (Å²) in [5.41, 5.74) is 4.96. The lowest BCUT2D eigenvalue weighted by Crippen LogP contribution is -2.43. The third-order valence-corrected chi connectivity index (χ3v) is 6.63. The van der Waals surface area contributed by atoms with Crippen LogP contribution in [-0.2, 0) is 23.4 Å². The minimum atomic E-state index is -2.31. The molecule has 0 spiro atoms. The zero-order chi connectivity index (χ0) is 26.0. The summed E-state index contributed by atoms with van der Waals surface area (Å²) in [7, 11) is -2.31. The van der Waals surface area contributed by atoms with Crippen molar-refractivity contribution < 1.29 is 28.5 Å². The van der Waals surface area contributed by atoms with E-state index in [1.807, 2.05) is 20.8 Å². The van der Waals surface area contributed by atoms with E-state index in [1.165, 1.54) is 12.7 Å². The Morgan fingerprint density at radius 2 is 2.17 bits per heavy atom. The molecule has 3 rings (SSSR count). The minimum Gasteiger partial charge on any atom is -0.464 e. The number of hydrogen-bond acceptors (Lipinski definition) is 11. The summed E-state index contributed by atoms with van der Waals surface area (Å²) in [5, 5.41) is 13.6. The quantitative estimate of drug-likeness (QED) is 0.257. The number of rotatable bonds is 9. The highest BCUT2D eigenvalue weighted by atomic mass is 31.1. The summed E-state index contributed by atoms with van der Waals surface area (Å²) in [6.45, 7) is 9.04. The van der Waals surface area contributed by atoms with Crippen LogP contribution in [0, 0.1) is 17.8 Å². The first-order chi connectivity index (χ1) is 16.4. The molecule has 35 heavy (non-hydrogen) atoms. The maximum Gasteiger partial charge on any atom is 0.527 e. The molecule has 12 nitrogen and oxygen atoms in total. The summed E-state index contributed by atoms with van der Waals surface area (Å²) >= 11 is 0. The summed E-state index contributed by atoms with van der Waals surface area (Å²) in [5.74, 6) is 1.52. The number of hydrogen-bond donors (Lipinski definition) is 3. The molecular weight excluding hydrogens is 475 g/mol. The average molecular weight is 508 g/mol. The van der Waals surface area contributed by atoms with Crippen molar-refractivity contribution in [1.29, 1.82) is 0 Å². The molecule has 2 unspecified atom stereocenters. The van der Waals surface area contributed by atoms with Gasteiger partial charge in [0, 0.05) is 6.42 Å². The normalized spacial score (nSPS) is 24.7. The standard InChI is InChI=1S/C22H32N6O6P/c1-7-22(10-33-35(31)14(3)27-13(2)20(30)32-9-21(4,5)6)15(29)8-16(34-22)28-12-26-17-18(23)24-11-25-19(17)28/h1,11-16,27,29H,8-10H2,2-6H3,(H2,23,24,25)/q+1/t13-,14?,15-,16+,22+/m0/s1. The van der Waals surface area contributed by atoms with Gasteiger partial charge in [0.2, 0.25) is 5.78 Å². The van der Waals surface area contributed by atoms with Gasteiger partial charge in [0.25, 0.3) is 0 Å². The van der Waals surface area contributed by atoms with Gasteiger partial charge in [0.15, 0.2) is 17.1 Å². The fourth-order valence-corrected chi connectivity index (χ4v) is 4.37. The molecule has 0 amide bonds. The second-order valence-electron chi connectivity index (χ2n) is 9.73. The van der Waals surface area contributed by atoms with E-state index >= 15 is 0 Å². The Balaban J connectivity index is 1.60. The summed E-state index contributed by atoms with van der Waals surface area (Å²) in [4.78, 5) is 24.5. The number of aliphatic hydroxyl groups excluding tert-OH is 1. The van der Waals surface area contributed by atoms with E-state index < -0.39 is 43.8 Å². The Kier molecular flexibility index (Phi) is 8.09. The number of anilines is 1. The molecule has 1 aliphatic rings. The van der Waals surface area contributed by atoms with Gasteiger partial charge in [-0.3, -0.25) is 14.7 Å². The number of esters is 1. The lowest BCUT2D eigenvalue weighted by Gasteiger charge is -2.24. The van der Waals surface area contributed by atoms with Gasteiger partial charge in [0.1, 0.15) is 36.8 Å². The monoisotopic (exact) mass is 507 g/mol. The van der Waals surface area contributed by atoms with E-state index in [-0.39, 0.29) is 30.9 Å². The number of nitrogen functional groups attached to an aromatic ring is 1. The van der Waals surface area contributed by atoms with Gasteiger partial charge < -0.3 is 20.3 Å². The molecule has 0 aromatic carbocycles. The van der Waals surface area contributed by atoms with Gasteiger partial charge in [-0.1, -0.05) is 26.7 Å². The first-order valence-electron chi connectivity index (χ1n) is 11.2. The predicted octanol–water partition coefficient (Wildman–Crippen LogP) is 1.73. The Bertz CT molecular complexity index is 1130. The number of nitrogens with zero attached hydrogens (tertiary/aromatic N) is 4. The molecule has 1 saturated heterocycles. The highest BCUT2D eigenvalue weighted by molar-refractivity contribution is 7.39. The number of carbonyl (C=O) groups is 1. The van der Waals surface area contributed by atoms with Gasteiger partial charge in [0.05, 0.1) is 12.9 Å². The highest BCUT2D eigenvalue weighted by Gasteiger charge is 2.50. The number of carbonyl (C=O) groups excluding carboxylic acids is 1. The summed E-state index contributed by atoms with van der Waals surface area (Å²) in [6.07, 6.45) is 6.81. The summed E-state index contributed by atoms with van der Waals surface area (Å²) in [6, 6.07) is -0.696. The van der Waals surface area contributed by atoms with Crippen LogP contribution in [0.1, 0.15) is 47.3 Å². The second-order valence-corrected chi connectivity index (χ2v) is 11.3. The van der Waals surface area contributed by atoms with Crippen LogP contribution in [0.3, 0.4) is 0 Å². The molecule has 0 saturated carbocycles. The largest absolute Gasteiger partial charge is 0.527 e. The van der Waals surface area contributed by atoms with Crippen LogP contribution in [0.5, 0.6) is 0 Å². The van der Waals surface area contributed by atoms with Crippen LogP contribution < -0.4 is 11.1 Å². The average Bonchev–Trinajstić information content (AvgIpc) is 3.37. The molecule has 0 aliphatic carbocycles. The van der Waals surface area contributed by atoms with E-state index in [1.54, 1.807) is 18.4 Å². The maximum atomic E-state index is 12.7. The van der Waals surface area contributed by atoms with E-state index in [4.69, 9.17) is 26.2 Å². The van der Waals surface area contributed by atoms with Gasteiger partial charge >= 0.3 is 14.0 Å². The number of terminal acetylenes is 1. The Morgan fingerprint density at radius 1 is 1.46 bits per heavy atom. The third-order valence-electron chi connectivity index (χ3n) is 5.47. The Morgan fingerprint density at radius 3 is 2.83 bits per heavy atom. The van der Waals surface area contributed by atoms with Crippen LogP contribution in [0.4, 0.5) is 5.82 Å². The number of nitrogens with two attached hydrogens (primary N) is 1. The molecule has 3 heterocycles. The van der Waals surface area contributed by atoms with E-state index in [0.29, 0.717) is 11.2 Å². The van der Waals surface area contributed by atoms with Gasteiger partial charge in [-0.05, 0) is 23.8 Å². The van der Waals surface area contributed by atoms with E-state index in [2.05, 4.69) is 26.2 Å². The molecule has 0 radical (unpaired) electrons. The van der Waals surface area contributed by atoms with Crippen molar-refractivity contribution in [3.05, 3.63) is 12.7 Å². The molecule has 1 fully saturated rings. The van der Waals surface area contributed by atoms with Crippen LogP contribution in [-0.4, -0.2) is 67.3 Å². The van der Waals surface area contributed by atoms with Crippen molar-refractivity contribution in [2.24, 2.45) is 5.41 Å². The second kappa shape index (κ2) is 10.5. The predicted molar refractivity (Wildman–Crippen MR) is 128 cm³/mol. The van der Waals surface area contributed by atoms with Crippen molar-refractivity contribution in [3.8, 4) is 12.3 Å². The van der Waals surface area contributed by atoms with Crippen LogP contribution >= 0.6 is 8.03 Å². The first kappa shape index (κ1) is 26.9. The van der Waals surface area contributed by atoms with Crippen molar-refractivity contribution in [2.75, 3.05) is 18.9 Å². The van der Waals surface area contributed by atoms with Crippen molar-refractivity contribution in [2.45, 2.75) is 70.8 Å². The molecule has 0 bridgehead atoms. The zero-order valence-corrected chi connectivity index (χ0v) is 21.4. The van der Waals surface area contributed by atoms with Gasteiger partial charge in [-0.2, -0.15) is 0 Å². The molecular formula is C22H32N6O6P+. The van der Waals surface area contributed by atoms with E-state index in [0.717, 1.165) is 0 Å². The number of aromatic nitrogens is 4. The van der Waals surface area contributed by atoms with Crippen molar-refractivity contribution >= 4 is 31.0 Å². The van der Waals surface area contributed by atoms with E-state index in [9.17, 15) is 14.5 Å². The fraction of sp³-hybridized carbons (Fsp3) is 0.636. The topological polar surface area (TPSA) is 164 Å². The number of nitrogens with one attached hydrogen (secondary N) is 1.